The fourth-order valence-electron chi connectivity index (χ4n) is 2.69. The van der Waals surface area contributed by atoms with Crippen LogP contribution in [-0.2, 0) is 11.2 Å². The van der Waals surface area contributed by atoms with E-state index in [1.807, 2.05) is 48.5 Å². The Hall–Kier alpha value is -2.66. The zero-order chi connectivity index (χ0) is 16.2. The summed E-state index contributed by atoms with van der Waals surface area (Å²) < 4.78 is 0. The van der Waals surface area contributed by atoms with E-state index in [4.69, 9.17) is 0 Å². The minimum Gasteiger partial charge on any atom is -0.387 e. The first kappa shape index (κ1) is 15.2. The van der Waals surface area contributed by atoms with Gasteiger partial charge in [0.05, 0.1) is 12.6 Å². The third kappa shape index (κ3) is 3.40. The van der Waals surface area contributed by atoms with Crippen molar-refractivity contribution in [3.05, 3.63) is 71.8 Å². The molecule has 1 aliphatic heterocycles. The molecule has 5 heteroatoms. The van der Waals surface area contributed by atoms with Crippen molar-refractivity contribution in [3.8, 4) is 0 Å². The van der Waals surface area contributed by atoms with Gasteiger partial charge in [-0.05, 0) is 11.1 Å². The number of hydrogen-bond donors (Lipinski definition) is 2. The number of β-amino-alcohol motifs (C(OH)–C–C–N with tert-alkyl or cyclic N) is 1. The molecule has 0 aliphatic carbocycles. The van der Waals surface area contributed by atoms with Gasteiger partial charge >= 0.3 is 6.03 Å². The Morgan fingerprint density at radius 3 is 2.26 bits per heavy atom. The monoisotopic (exact) mass is 310 g/mol. The van der Waals surface area contributed by atoms with E-state index in [1.54, 1.807) is 12.1 Å². The first-order chi connectivity index (χ1) is 11.1. The lowest BCUT2D eigenvalue weighted by molar-refractivity contribution is -0.128. The molecule has 1 aliphatic rings. The van der Waals surface area contributed by atoms with E-state index >= 15 is 0 Å². The molecule has 5 nitrogen and oxygen atoms in total. The van der Waals surface area contributed by atoms with Crippen LogP contribution in [0.15, 0.2) is 60.7 Å². The topological polar surface area (TPSA) is 69.6 Å². The standard InChI is InChI=1S/C18H18N2O3/c21-16(14-9-5-2-6-10-14)12-20-17(22)15(19-18(20)23)11-13-7-3-1-4-8-13/h1-10,15-16,21H,11-12H2,(H,19,23)/t15-,16+/m0/s1. The van der Waals surface area contributed by atoms with E-state index in [0.29, 0.717) is 12.0 Å². The Bertz CT molecular complexity index is 688. The van der Waals surface area contributed by atoms with Crippen molar-refractivity contribution in [1.29, 1.82) is 0 Å². The molecule has 0 unspecified atom stereocenters. The SMILES string of the molecule is O=C1N[C@@H](Cc2ccccc2)C(=O)N1C[C@@H](O)c1ccccc1. The third-order valence-corrected chi connectivity index (χ3v) is 3.93. The summed E-state index contributed by atoms with van der Waals surface area (Å²) in [7, 11) is 0. The Morgan fingerprint density at radius 1 is 1.00 bits per heavy atom. The van der Waals surface area contributed by atoms with Crippen molar-refractivity contribution in [2.75, 3.05) is 6.54 Å². The van der Waals surface area contributed by atoms with Gasteiger partial charge in [-0.3, -0.25) is 9.69 Å². The van der Waals surface area contributed by atoms with E-state index in [1.165, 1.54) is 0 Å². The predicted octanol–water partition coefficient (Wildman–Crippen LogP) is 1.88. The van der Waals surface area contributed by atoms with Gasteiger partial charge in [0.15, 0.2) is 0 Å². The van der Waals surface area contributed by atoms with Gasteiger partial charge < -0.3 is 10.4 Å². The summed E-state index contributed by atoms with van der Waals surface area (Å²) in [5.74, 6) is -0.297. The molecule has 0 saturated carbocycles. The highest BCUT2D eigenvalue weighted by molar-refractivity contribution is 6.04. The van der Waals surface area contributed by atoms with Crippen LogP contribution in [0.1, 0.15) is 17.2 Å². The Kier molecular flexibility index (Phi) is 4.39. The first-order valence-corrected chi connectivity index (χ1v) is 7.54. The number of rotatable bonds is 5. The van der Waals surface area contributed by atoms with Gasteiger partial charge in [0.2, 0.25) is 0 Å². The largest absolute Gasteiger partial charge is 0.387 e. The van der Waals surface area contributed by atoms with Crippen LogP contribution in [0.25, 0.3) is 0 Å². The molecule has 1 saturated heterocycles. The van der Waals surface area contributed by atoms with Gasteiger partial charge in [0.1, 0.15) is 6.04 Å². The highest BCUT2D eigenvalue weighted by Crippen LogP contribution is 2.18. The molecule has 1 heterocycles. The van der Waals surface area contributed by atoms with Gasteiger partial charge in [0, 0.05) is 6.42 Å². The lowest BCUT2D eigenvalue weighted by Crippen LogP contribution is -2.35. The van der Waals surface area contributed by atoms with Crippen molar-refractivity contribution in [2.24, 2.45) is 0 Å². The molecule has 118 valence electrons. The second-order valence-electron chi connectivity index (χ2n) is 5.57. The fourth-order valence-corrected chi connectivity index (χ4v) is 2.69. The molecule has 23 heavy (non-hydrogen) atoms. The van der Waals surface area contributed by atoms with Crippen LogP contribution in [0.5, 0.6) is 0 Å². The Labute approximate surface area is 134 Å². The average molecular weight is 310 g/mol. The van der Waals surface area contributed by atoms with Crippen LogP contribution in [-0.4, -0.2) is 34.5 Å². The zero-order valence-electron chi connectivity index (χ0n) is 12.6. The summed E-state index contributed by atoms with van der Waals surface area (Å²) in [4.78, 5) is 25.5. The molecule has 2 N–H and O–H groups in total. The Morgan fingerprint density at radius 2 is 1.61 bits per heavy atom. The number of carbonyl (C=O) groups is 2. The number of carbonyl (C=O) groups excluding carboxylic acids is 2. The quantitative estimate of drug-likeness (QED) is 0.829. The maximum Gasteiger partial charge on any atom is 0.324 e. The van der Waals surface area contributed by atoms with Crippen molar-refractivity contribution < 1.29 is 14.7 Å². The molecule has 2 atom stereocenters. The molecular weight excluding hydrogens is 292 g/mol. The second-order valence-corrected chi connectivity index (χ2v) is 5.57. The van der Waals surface area contributed by atoms with Crippen LogP contribution in [0.3, 0.4) is 0 Å². The highest BCUT2D eigenvalue weighted by Gasteiger charge is 2.38. The van der Waals surface area contributed by atoms with Crippen LogP contribution in [0.4, 0.5) is 4.79 Å². The van der Waals surface area contributed by atoms with Crippen molar-refractivity contribution in [2.45, 2.75) is 18.6 Å². The predicted molar refractivity (Wildman–Crippen MR) is 85.6 cm³/mol. The smallest absolute Gasteiger partial charge is 0.324 e. The number of benzene rings is 2. The van der Waals surface area contributed by atoms with Gasteiger partial charge in [-0.15, -0.1) is 0 Å². The summed E-state index contributed by atoms with van der Waals surface area (Å²) in [5.41, 5.74) is 1.66. The molecule has 1 fully saturated rings. The van der Waals surface area contributed by atoms with Crippen LogP contribution < -0.4 is 5.32 Å². The molecule has 3 rings (SSSR count). The van der Waals surface area contributed by atoms with Gasteiger partial charge in [-0.2, -0.15) is 0 Å². The first-order valence-electron chi connectivity index (χ1n) is 7.54. The van der Waals surface area contributed by atoms with E-state index in [0.717, 1.165) is 10.5 Å². The molecule has 3 amide bonds. The van der Waals surface area contributed by atoms with E-state index < -0.39 is 18.2 Å². The molecule has 0 aromatic heterocycles. The van der Waals surface area contributed by atoms with Crippen LogP contribution in [0, 0.1) is 0 Å². The normalized spacial score (nSPS) is 18.8. The second kappa shape index (κ2) is 6.62. The number of nitrogens with zero attached hydrogens (tertiary/aromatic N) is 1. The lowest BCUT2D eigenvalue weighted by Gasteiger charge is -2.18. The number of amides is 3. The number of aliphatic hydroxyl groups is 1. The molecular formula is C18H18N2O3. The molecule has 0 spiro atoms. The Balaban J connectivity index is 1.67. The summed E-state index contributed by atoms with van der Waals surface area (Å²) >= 11 is 0. The minimum atomic E-state index is -0.888. The van der Waals surface area contributed by atoms with E-state index in [2.05, 4.69) is 5.32 Å². The van der Waals surface area contributed by atoms with Crippen molar-refractivity contribution in [3.63, 3.8) is 0 Å². The molecule has 2 aromatic carbocycles. The molecule has 0 bridgehead atoms. The maximum absolute atomic E-state index is 12.4. The summed E-state index contributed by atoms with van der Waals surface area (Å²) in [6.07, 6.45) is -0.440. The number of hydrogen-bond acceptors (Lipinski definition) is 3. The van der Waals surface area contributed by atoms with E-state index in [-0.39, 0.29) is 12.5 Å². The number of imide groups is 1. The third-order valence-electron chi connectivity index (χ3n) is 3.93. The molecule has 2 aromatic rings. The number of aliphatic hydroxyl groups excluding tert-OH is 1. The van der Waals surface area contributed by atoms with Crippen LogP contribution in [0.2, 0.25) is 0 Å². The summed E-state index contributed by atoms with van der Waals surface area (Å²) in [6, 6.07) is 17.5. The number of nitrogens with one attached hydrogen (secondary N) is 1. The van der Waals surface area contributed by atoms with Gasteiger partial charge in [-0.1, -0.05) is 60.7 Å². The minimum absolute atomic E-state index is 0.0417. The summed E-state index contributed by atoms with van der Waals surface area (Å²) in [5, 5.41) is 12.9. The average Bonchev–Trinajstić information content (AvgIpc) is 2.84. The summed E-state index contributed by atoms with van der Waals surface area (Å²) in [6.45, 7) is -0.0417. The van der Waals surface area contributed by atoms with Gasteiger partial charge in [-0.25, -0.2) is 4.79 Å². The molecule has 0 radical (unpaired) electrons. The van der Waals surface area contributed by atoms with Gasteiger partial charge in [0.25, 0.3) is 5.91 Å². The highest BCUT2D eigenvalue weighted by atomic mass is 16.3. The fraction of sp³-hybridized carbons (Fsp3) is 0.222. The van der Waals surface area contributed by atoms with Crippen molar-refractivity contribution in [1.82, 2.24) is 10.2 Å². The lowest BCUT2D eigenvalue weighted by atomic mass is 10.1. The van der Waals surface area contributed by atoms with Crippen LogP contribution >= 0.6 is 0 Å². The number of urea groups is 1. The zero-order valence-corrected chi connectivity index (χ0v) is 12.6. The van der Waals surface area contributed by atoms with E-state index in [9.17, 15) is 14.7 Å². The van der Waals surface area contributed by atoms with Crippen molar-refractivity contribution >= 4 is 11.9 Å². The maximum atomic E-state index is 12.4.